The molecule has 0 atom stereocenters. The summed E-state index contributed by atoms with van der Waals surface area (Å²) in [5.74, 6) is 0.550. The summed E-state index contributed by atoms with van der Waals surface area (Å²) >= 11 is 7.64. The second-order valence-corrected chi connectivity index (χ2v) is 5.68. The molecule has 1 N–H and O–H groups in total. The van der Waals surface area contributed by atoms with Crippen molar-refractivity contribution in [3.63, 3.8) is 0 Å². The molecule has 0 saturated heterocycles. The van der Waals surface area contributed by atoms with Gasteiger partial charge < -0.3 is 10.1 Å². The van der Waals surface area contributed by atoms with Gasteiger partial charge in [0.05, 0.1) is 12.1 Å². The van der Waals surface area contributed by atoms with E-state index in [9.17, 15) is 4.79 Å². The molecule has 5 heteroatoms. The number of benzene rings is 1. The van der Waals surface area contributed by atoms with Crippen molar-refractivity contribution in [1.29, 1.82) is 0 Å². The number of rotatable bonds is 4. The molecule has 0 aliphatic heterocycles. The Balaban J connectivity index is 2.36. The van der Waals surface area contributed by atoms with Gasteiger partial charge in [0.25, 0.3) is 5.91 Å². The van der Waals surface area contributed by atoms with Crippen molar-refractivity contribution in [3.8, 4) is 5.75 Å². The zero-order chi connectivity index (χ0) is 14.0. The number of hydrogen-bond donors (Lipinski definition) is 1. The predicted molar refractivity (Wildman–Crippen MR) is 80.5 cm³/mol. The minimum Gasteiger partial charge on any atom is -0.497 e. The second kappa shape index (κ2) is 5.63. The summed E-state index contributed by atoms with van der Waals surface area (Å²) in [4.78, 5) is 12.6. The van der Waals surface area contributed by atoms with Crippen LogP contribution in [0.5, 0.6) is 5.75 Å². The van der Waals surface area contributed by atoms with Crippen molar-refractivity contribution >= 4 is 38.9 Å². The van der Waals surface area contributed by atoms with Crippen LogP contribution in [-0.4, -0.2) is 19.6 Å². The van der Waals surface area contributed by atoms with Gasteiger partial charge in [0.15, 0.2) is 0 Å². The van der Waals surface area contributed by atoms with Gasteiger partial charge in [0.2, 0.25) is 0 Å². The van der Waals surface area contributed by atoms with Crippen LogP contribution in [0, 0.1) is 0 Å². The van der Waals surface area contributed by atoms with Crippen molar-refractivity contribution in [3.05, 3.63) is 40.3 Å². The Labute approximate surface area is 120 Å². The highest BCUT2D eigenvalue weighted by molar-refractivity contribution is 7.21. The smallest absolute Gasteiger partial charge is 0.263 e. The van der Waals surface area contributed by atoms with Crippen molar-refractivity contribution in [2.45, 2.75) is 6.92 Å². The number of carbonyl (C=O) groups is 1. The van der Waals surface area contributed by atoms with Crippen LogP contribution in [0.1, 0.15) is 16.6 Å². The van der Waals surface area contributed by atoms with E-state index in [2.05, 4.69) is 11.9 Å². The molecule has 2 aromatic rings. The molecule has 1 heterocycles. The van der Waals surface area contributed by atoms with Crippen molar-refractivity contribution in [2.24, 2.45) is 0 Å². The fourth-order valence-corrected chi connectivity index (χ4v) is 3.04. The SMILES string of the molecule is C=C(C)CNC(=O)c1sc2ccc(OC)cc2c1Cl. The van der Waals surface area contributed by atoms with E-state index in [1.54, 1.807) is 7.11 Å². The maximum absolute atomic E-state index is 12.0. The van der Waals surface area contributed by atoms with Gasteiger partial charge in [0.1, 0.15) is 10.6 Å². The molecular formula is C14H14ClNO2S. The van der Waals surface area contributed by atoms with Crippen LogP contribution in [-0.2, 0) is 0 Å². The van der Waals surface area contributed by atoms with Gasteiger partial charge in [-0.05, 0) is 25.1 Å². The van der Waals surface area contributed by atoms with Crippen LogP contribution in [0.2, 0.25) is 5.02 Å². The van der Waals surface area contributed by atoms with Gasteiger partial charge in [-0.1, -0.05) is 23.8 Å². The number of amides is 1. The van der Waals surface area contributed by atoms with E-state index in [1.165, 1.54) is 11.3 Å². The summed E-state index contributed by atoms with van der Waals surface area (Å²) in [6.07, 6.45) is 0. The number of halogens is 1. The number of thiophene rings is 1. The average molecular weight is 296 g/mol. The van der Waals surface area contributed by atoms with Crippen molar-refractivity contribution in [2.75, 3.05) is 13.7 Å². The standard InChI is InChI=1S/C14H14ClNO2S/c1-8(2)7-16-14(17)13-12(15)10-6-9(18-3)4-5-11(10)19-13/h4-6H,1,7H2,2-3H3,(H,16,17). The summed E-state index contributed by atoms with van der Waals surface area (Å²) in [5.41, 5.74) is 0.896. The molecule has 0 bridgehead atoms. The first-order valence-electron chi connectivity index (χ1n) is 5.71. The van der Waals surface area contributed by atoms with Crippen LogP contribution in [0.25, 0.3) is 10.1 Å². The number of carbonyl (C=O) groups excluding carboxylic acids is 1. The zero-order valence-electron chi connectivity index (χ0n) is 10.7. The molecule has 2 rings (SSSR count). The molecule has 0 aliphatic carbocycles. The molecule has 0 aliphatic rings. The van der Waals surface area contributed by atoms with Crippen LogP contribution in [0.3, 0.4) is 0 Å². The van der Waals surface area contributed by atoms with Crippen molar-refractivity contribution < 1.29 is 9.53 Å². The van der Waals surface area contributed by atoms with Gasteiger partial charge in [-0.2, -0.15) is 0 Å². The van der Waals surface area contributed by atoms with Gasteiger partial charge >= 0.3 is 0 Å². The third-order valence-electron chi connectivity index (χ3n) is 2.59. The van der Waals surface area contributed by atoms with Crippen LogP contribution < -0.4 is 10.1 Å². The number of ether oxygens (including phenoxy) is 1. The predicted octanol–water partition coefficient (Wildman–Crippen LogP) is 3.87. The molecule has 0 saturated carbocycles. The molecule has 0 fully saturated rings. The lowest BCUT2D eigenvalue weighted by Gasteiger charge is -2.02. The molecular weight excluding hydrogens is 282 g/mol. The molecule has 0 radical (unpaired) electrons. The number of methoxy groups -OCH3 is 1. The number of hydrogen-bond acceptors (Lipinski definition) is 3. The maximum Gasteiger partial charge on any atom is 0.263 e. The third kappa shape index (κ3) is 2.91. The van der Waals surface area contributed by atoms with Crippen molar-refractivity contribution in [1.82, 2.24) is 5.32 Å². The Morgan fingerprint density at radius 1 is 1.53 bits per heavy atom. The monoisotopic (exact) mass is 295 g/mol. The number of fused-ring (bicyclic) bond motifs is 1. The first kappa shape index (κ1) is 13.9. The second-order valence-electron chi connectivity index (χ2n) is 4.25. The summed E-state index contributed by atoms with van der Waals surface area (Å²) in [5, 5.41) is 4.09. The quantitative estimate of drug-likeness (QED) is 0.870. The summed E-state index contributed by atoms with van der Waals surface area (Å²) in [7, 11) is 1.60. The van der Waals surface area contributed by atoms with Gasteiger partial charge in [0, 0.05) is 16.6 Å². The highest BCUT2D eigenvalue weighted by atomic mass is 35.5. The summed E-state index contributed by atoms with van der Waals surface area (Å²) in [6, 6.07) is 5.59. The maximum atomic E-state index is 12.0. The lowest BCUT2D eigenvalue weighted by atomic mass is 10.2. The first-order valence-corrected chi connectivity index (χ1v) is 6.91. The minimum absolute atomic E-state index is 0.173. The highest BCUT2D eigenvalue weighted by Crippen LogP contribution is 2.37. The van der Waals surface area contributed by atoms with Crippen LogP contribution in [0.15, 0.2) is 30.4 Å². The zero-order valence-corrected chi connectivity index (χ0v) is 12.3. The Kier molecular flexibility index (Phi) is 4.12. The first-order chi connectivity index (χ1) is 9.02. The molecule has 1 amide bonds. The fourth-order valence-electron chi connectivity index (χ4n) is 1.63. The van der Waals surface area contributed by atoms with Gasteiger partial charge in [-0.3, -0.25) is 4.79 Å². The Morgan fingerprint density at radius 3 is 2.89 bits per heavy atom. The molecule has 100 valence electrons. The van der Waals surface area contributed by atoms with E-state index in [0.29, 0.717) is 16.4 Å². The topological polar surface area (TPSA) is 38.3 Å². The van der Waals surface area contributed by atoms with Crippen LogP contribution in [0.4, 0.5) is 0 Å². The summed E-state index contributed by atoms with van der Waals surface area (Å²) in [6.45, 7) is 6.06. The Morgan fingerprint density at radius 2 is 2.26 bits per heavy atom. The molecule has 1 aromatic carbocycles. The van der Waals surface area contributed by atoms with E-state index in [1.807, 2.05) is 25.1 Å². The van der Waals surface area contributed by atoms with E-state index in [-0.39, 0.29) is 5.91 Å². The molecule has 0 spiro atoms. The minimum atomic E-state index is -0.173. The Bertz CT molecular complexity index is 648. The largest absolute Gasteiger partial charge is 0.497 e. The normalized spacial score (nSPS) is 10.5. The van der Waals surface area contributed by atoms with Gasteiger partial charge in [-0.25, -0.2) is 0 Å². The lowest BCUT2D eigenvalue weighted by Crippen LogP contribution is -2.24. The molecule has 1 aromatic heterocycles. The Hall–Kier alpha value is -1.52. The molecule has 3 nitrogen and oxygen atoms in total. The lowest BCUT2D eigenvalue weighted by molar-refractivity contribution is 0.0961. The van der Waals surface area contributed by atoms with E-state index in [0.717, 1.165) is 21.4 Å². The number of nitrogens with one attached hydrogen (secondary N) is 1. The highest BCUT2D eigenvalue weighted by Gasteiger charge is 2.17. The fraction of sp³-hybridized carbons (Fsp3) is 0.214. The molecule has 19 heavy (non-hydrogen) atoms. The summed E-state index contributed by atoms with van der Waals surface area (Å²) < 4.78 is 6.12. The molecule has 0 unspecified atom stereocenters. The van der Waals surface area contributed by atoms with E-state index in [4.69, 9.17) is 16.3 Å². The van der Waals surface area contributed by atoms with Crippen LogP contribution >= 0.6 is 22.9 Å². The van der Waals surface area contributed by atoms with E-state index >= 15 is 0 Å². The van der Waals surface area contributed by atoms with Gasteiger partial charge in [-0.15, -0.1) is 11.3 Å². The average Bonchev–Trinajstić information content (AvgIpc) is 2.73. The third-order valence-corrected chi connectivity index (χ3v) is 4.27. The van der Waals surface area contributed by atoms with E-state index < -0.39 is 0 Å².